The molecule has 0 spiro atoms. The lowest BCUT2D eigenvalue weighted by Crippen LogP contribution is -2.52. The number of aryl methyl sites for hydroxylation is 1. The highest BCUT2D eigenvalue weighted by molar-refractivity contribution is 5.83. The van der Waals surface area contributed by atoms with Crippen molar-refractivity contribution >= 4 is 28.5 Å². The predicted molar refractivity (Wildman–Crippen MR) is 140 cm³/mol. The molecule has 8 nitrogen and oxygen atoms in total. The van der Waals surface area contributed by atoms with Gasteiger partial charge in [-0.15, -0.1) is 0 Å². The van der Waals surface area contributed by atoms with E-state index in [1.165, 1.54) is 5.56 Å². The van der Waals surface area contributed by atoms with Crippen molar-refractivity contribution in [2.75, 3.05) is 25.0 Å². The minimum absolute atomic E-state index is 0.0698. The fourth-order valence-corrected chi connectivity index (χ4v) is 4.39. The number of aliphatic hydroxyl groups excluding tert-OH is 1. The average Bonchev–Trinajstić information content (AvgIpc) is 3.12. The van der Waals surface area contributed by atoms with Crippen molar-refractivity contribution in [3.63, 3.8) is 0 Å². The number of hydrogen-bond donors (Lipinski definition) is 2. The molecule has 36 heavy (non-hydrogen) atoms. The van der Waals surface area contributed by atoms with Crippen molar-refractivity contribution in [1.29, 1.82) is 0 Å². The smallest absolute Gasteiger partial charge is 0.208 e. The van der Waals surface area contributed by atoms with Crippen LogP contribution in [-0.4, -0.2) is 56.1 Å². The molecule has 0 amide bonds. The first-order valence-corrected chi connectivity index (χ1v) is 12.2. The van der Waals surface area contributed by atoms with Crippen molar-refractivity contribution in [2.24, 2.45) is 7.05 Å². The van der Waals surface area contributed by atoms with Crippen LogP contribution in [0.25, 0.3) is 11.0 Å². The van der Waals surface area contributed by atoms with E-state index in [2.05, 4.69) is 42.3 Å². The first-order chi connectivity index (χ1) is 17.3. The van der Waals surface area contributed by atoms with Crippen molar-refractivity contribution in [2.45, 2.75) is 32.3 Å². The lowest BCUT2D eigenvalue weighted by atomic mass is 10.0. The Kier molecular flexibility index (Phi) is 6.71. The highest BCUT2D eigenvalue weighted by atomic mass is 16.5. The zero-order valence-electron chi connectivity index (χ0n) is 20.8. The number of pyridine rings is 1. The predicted octanol–water partition coefficient (Wildman–Crippen LogP) is 4.42. The number of β-amino-alcohol motifs (C(OH)–C–C–N with tert-alkyl or cyclic N) is 1. The van der Waals surface area contributed by atoms with Crippen LogP contribution in [0.2, 0.25) is 0 Å². The Balaban J connectivity index is 1.28. The van der Waals surface area contributed by atoms with Gasteiger partial charge in [0.15, 0.2) is 5.78 Å². The maximum atomic E-state index is 12.3. The largest absolute Gasteiger partial charge is 0.457 e. The van der Waals surface area contributed by atoms with Crippen LogP contribution in [-0.2, 0) is 18.3 Å². The summed E-state index contributed by atoms with van der Waals surface area (Å²) in [6.45, 7) is 5.80. The molecule has 0 radical (unpaired) electrons. The van der Waals surface area contributed by atoms with Crippen LogP contribution in [0.15, 0.2) is 60.8 Å². The Morgan fingerprint density at radius 3 is 2.72 bits per heavy atom. The van der Waals surface area contributed by atoms with Crippen LogP contribution in [0.1, 0.15) is 31.0 Å². The van der Waals surface area contributed by atoms with Gasteiger partial charge in [0.2, 0.25) is 5.95 Å². The summed E-state index contributed by atoms with van der Waals surface area (Å²) in [5.41, 5.74) is 4.74. The monoisotopic (exact) mass is 485 g/mol. The second kappa shape index (κ2) is 10.1. The van der Waals surface area contributed by atoms with Gasteiger partial charge >= 0.3 is 0 Å². The number of benzene rings is 2. The van der Waals surface area contributed by atoms with Gasteiger partial charge in [-0.2, -0.15) is 0 Å². The van der Waals surface area contributed by atoms with E-state index in [1.807, 2.05) is 40.8 Å². The van der Waals surface area contributed by atoms with Crippen LogP contribution in [0.4, 0.5) is 11.6 Å². The van der Waals surface area contributed by atoms with E-state index in [4.69, 9.17) is 9.72 Å². The Bertz CT molecular complexity index is 1390. The van der Waals surface area contributed by atoms with Gasteiger partial charge < -0.3 is 19.7 Å². The number of likely N-dealkylation sites (tertiary alicyclic amines) is 1. The van der Waals surface area contributed by atoms with E-state index < -0.39 is 0 Å². The number of ether oxygens (including phenoxy) is 1. The Hall–Kier alpha value is -3.75. The summed E-state index contributed by atoms with van der Waals surface area (Å²) in [5, 5.41) is 12.8. The number of Topliss-reactive ketones (excluding diaryl/α,β-unsaturated/α-hetero) is 1. The van der Waals surface area contributed by atoms with Crippen molar-refractivity contribution in [1.82, 2.24) is 19.4 Å². The first-order valence-electron chi connectivity index (χ1n) is 12.2. The quantitative estimate of drug-likeness (QED) is 0.363. The van der Waals surface area contributed by atoms with Gasteiger partial charge in [-0.05, 0) is 41.8 Å². The molecule has 1 fully saturated rings. The van der Waals surface area contributed by atoms with E-state index in [9.17, 15) is 9.90 Å². The van der Waals surface area contributed by atoms with E-state index in [0.29, 0.717) is 42.7 Å². The van der Waals surface area contributed by atoms with Gasteiger partial charge in [-0.1, -0.05) is 26.0 Å². The number of imidazole rings is 1. The number of aromatic nitrogens is 3. The molecule has 1 aliphatic heterocycles. The Labute approximate surface area is 210 Å². The zero-order valence-corrected chi connectivity index (χ0v) is 20.8. The lowest BCUT2D eigenvalue weighted by molar-refractivity contribution is -0.122. The third-order valence-corrected chi connectivity index (χ3v) is 6.40. The summed E-state index contributed by atoms with van der Waals surface area (Å²) in [7, 11) is 1.98. The van der Waals surface area contributed by atoms with E-state index in [1.54, 1.807) is 18.3 Å². The second-order valence-electron chi connectivity index (χ2n) is 9.70. The van der Waals surface area contributed by atoms with Crippen LogP contribution in [0.3, 0.4) is 0 Å². The number of rotatable bonds is 9. The maximum absolute atomic E-state index is 12.3. The topological polar surface area (TPSA) is 92.5 Å². The maximum Gasteiger partial charge on any atom is 0.208 e. The normalized spacial score (nSPS) is 14.2. The van der Waals surface area contributed by atoms with Gasteiger partial charge in [0.1, 0.15) is 11.5 Å². The van der Waals surface area contributed by atoms with Gasteiger partial charge in [-0.25, -0.2) is 4.98 Å². The van der Waals surface area contributed by atoms with Crippen molar-refractivity contribution in [3.05, 3.63) is 72.1 Å². The van der Waals surface area contributed by atoms with Crippen molar-refractivity contribution in [3.8, 4) is 11.5 Å². The van der Waals surface area contributed by atoms with Crippen LogP contribution >= 0.6 is 0 Å². The molecule has 2 N–H and O–H groups in total. The SMILES string of the molecule is CC(C)c1cccc(Nc2nc3cc(Oc4ccnc(CC(=O)CN5CC(O)C5)c4)ccc3n2C)c1. The fraction of sp³-hybridized carbons (Fsp3) is 0.321. The molecule has 2 aromatic carbocycles. The highest BCUT2D eigenvalue weighted by Crippen LogP contribution is 2.29. The third kappa shape index (κ3) is 5.40. The van der Waals surface area contributed by atoms with E-state index >= 15 is 0 Å². The zero-order chi connectivity index (χ0) is 25.2. The average molecular weight is 486 g/mol. The molecule has 5 rings (SSSR count). The van der Waals surface area contributed by atoms with Crippen LogP contribution in [0.5, 0.6) is 11.5 Å². The highest BCUT2D eigenvalue weighted by Gasteiger charge is 2.25. The molecule has 1 aliphatic rings. The van der Waals surface area contributed by atoms with E-state index in [0.717, 1.165) is 22.7 Å². The number of nitrogens with one attached hydrogen (secondary N) is 1. The standard InChI is InChI=1S/C28H31N5O3/c1-18(2)19-5-4-6-20(11-19)30-28-31-26-14-24(7-8-27(26)32(28)3)36-25-9-10-29-21(13-25)12-22(34)15-33-16-23(35)17-33/h4-11,13-14,18,23,35H,12,15-17H2,1-3H3,(H,30,31). The van der Waals surface area contributed by atoms with Gasteiger partial charge in [0.25, 0.3) is 0 Å². The second-order valence-corrected chi connectivity index (χ2v) is 9.70. The number of hydrogen-bond acceptors (Lipinski definition) is 7. The molecule has 3 heterocycles. The minimum Gasteiger partial charge on any atom is -0.457 e. The molecule has 0 aliphatic carbocycles. The number of aliphatic hydroxyl groups is 1. The van der Waals surface area contributed by atoms with Crippen LogP contribution < -0.4 is 10.1 Å². The molecule has 186 valence electrons. The van der Waals surface area contributed by atoms with Gasteiger partial charge in [0.05, 0.1) is 35.8 Å². The van der Waals surface area contributed by atoms with E-state index in [-0.39, 0.29) is 18.3 Å². The summed E-state index contributed by atoms with van der Waals surface area (Å²) >= 11 is 0. The lowest BCUT2D eigenvalue weighted by Gasteiger charge is -2.35. The molecule has 0 bridgehead atoms. The third-order valence-electron chi connectivity index (χ3n) is 6.40. The number of fused-ring (bicyclic) bond motifs is 1. The molecule has 0 atom stereocenters. The number of anilines is 2. The van der Waals surface area contributed by atoms with Gasteiger partial charge in [0, 0.05) is 44.2 Å². The Morgan fingerprint density at radius 1 is 1.14 bits per heavy atom. The number of carbonyl (C=O) groups excluding carboxylic acids is 1. The summed E-state index contributed by atoms with van der Waals surface area (Å²) < 4.78 is 8.10. The number of ketones is 1. The summed E-state index contributed by atoms with van der Waals surface area (Å²) in [6.07, 6.45) is 1.57. The molecular weight excluding hydrogens is 454 g/mol. The summed E-state index contributed by atoms with van der Waals surface area (Å²) in [4.78, 5) is 23.4. The van der Waals surface area contributed by atoms with Crippen molar-refractivity contribution < 1.29 is 14.6 Å². The number of carbonyl (C=O) groups is 1. The molecule has 2 aromatic heterocycles. The summed E-state index contributed by atoms with van der Waals surface area (Å²) in [5.74, 6) is 2.55. The van der Waals surface area contributed by atoms with Crippen LogP contribution in [0, 0.1) is 0 Å². The minimum atomic E-state index is -0.313. The molecule has 8 heteroatoms. The van der Waals surface area contributed by atoms with Gasteiger partial charge in [-0.3, -0.25) is 14.7 Å². The molecule has 1 saturated heterocycles. The number of nitrogens with zero attached hydrogens (tertiary/aromatic N) is 4. The summed E-state index contributed by atoms with van der Waals surface area (Å²) in [6, 6.07) is 17.7. The molecule has 0 unspecified atom stereocenters. The Morgan fingerprint density at radius 2 is 1.94 bits per heavy atom. The first kappa shape index (κ1) is 24.0. The molecule has 0 saturated carbocycles. The fourth-order valence-electron chi connectivity index (χ4n) is 4.39. The molecular formula is C28H31N5O3. The molecule has 4 aromatic rings.